The number of aliphatic carboxylic acids is 1. The first-order valence-electron chi connectivity index (χ1n) is 10.4. The minimum absolute atomic E-state index is 0.126. The summed E-state index contributed by atoms with van der Waals surface area (Å²) in [6.45, 7) is 3.23. The average molecular weight is 420 g/mol. The van der Waals surface area contributed by atoms with E-state index in [0.29, 0.717) is 25.2 Å². The maximum atomic E-state index is 13.1. The van der Waals surface area contributed by atoms with Crippen molar-refractivity contribution < 1.29 is 23.1 Å². The number of sulfonamides is 1. The van der Waals surface area contributed by atoms with Crippen molar-refractivity contribution in [1.29, 1.82) is 0 Å². The molecule has 4 bridgehead atoms. The van der Waals surface area contributed by atoms with Gasteiger partial charge in [-0.25, -0.2) is 8.42 Å². The third-order valence-corrected chi connectivity index (χ3v) is 9.16. The minimum Gasteiger partial charge on any atom is -0.481 e. The van der Waals surface area contributed by atoms with Crippen LogP contribution in [0.5, 0.6) is 0 Å². The minimum atomic E-state index is -3.79. The summed E-state index contributed by atoms with van der Waals surface area (Å²) in [6, 6.07) is 8.05. The third-order valence-electron chi connectivity index (χ3n) is 7.48. The Morgan fingerprint density at radius 3 is 2.24 bits per heavy atom. The lowest BCUT2D eigenvalue weighted by Gasteiger charge is -2.58. The summed E-state index contributed by atoms with van der Waals surface area (Å²) < 4.78 is 27.9. The smallest absolute Gasteiger partial charge is 0.309 e. The number of carboxylic acid groups (broad SMARTS) is 1. The number of ketones is 1. The Labute approximate surface area is 172 Å². The second kappa shape index (κ2) is 6.91. The number of carboxylic acids is 1. The number of carbonyl (C=O) groups excluding carboxylic acids is 1. The van der Waals surface area contributed by atoms with Crippen LogP contribution in [0, 0.1) is 29.1 Å². The van der Waals surface area contributed by atoms with Crippen LogP contribution in [0.3, 0.4) is 0 Å². The summed E-state index contributed by atoms with van der Waals surface area (Å²) in [4.78, 5) is 25.2. The van der Waals surface area contributed by atoms with Gasteiger partial charge in [-0.2, -0.15) is 4.72 Å². The summed E-state index contributed by atoms with van der Waals surface area (Å²) in [6.07, 6.45) is 4.40. The molecule has 0 heterocycles. The summed E-state index contributed by atoms with van der Waals surface area (Å²) in [7, 11) is -3.79. The highest BCUT2D eigenvalue weighted by molar-refractivity contribution is 7.89. The molecule has 0 spiro atoms. The molecule has 2 N–H and O–H groups in total. The van der Waals surface area contributed by atoms with Crippen molar-refractivity contribution in [2.45, 2.75) is 62.8 Å². The first-order chi connectivity index (χ1) is 13.5. The molecular formula is C22H29NO5S. The van der Waals surface area contributed by atoms with Gasteiger partial charge in [-0.1, -0.05) is 18.2 Å². The molecule has 5 rings (SSSR count). The largest absolute Gasteiger partial charge is 0.481 e. The maximum Gasteiger partial charge on any atom is 0.309 e. The van der Waals surface area contributed by atoms with Crippen LogP contribution in [0.2, 0.25) is 0 Å². The van der Waals surface area contributed by atoms with E-state index in [1.54, 1.807) is 32.0 Å². The van der Waals surface area contributed by atoms with Crippen molar-refractivity contribution in [1.82, 2.24) is 4.72 Å². The Kier molecular flexibility index (Phi) is 4.89. The van der Waals surface area contributed by atoms with Crippen molar-refractivity contribution in [3.8, 4) is 0 Å². The van der Waals surface area contributed by atoms with Crippen LogP contribution < -0.4 is 4.72 Å². The zero-order chi connectivity index (χ0) is 21.0. The second-order valence-electron chi connectivity index (χ2n) is 9.89. The summed E-state index contributed by atoms with van der Waals surface area (Å²) in [5.41, 5.74) is -1.81. The molecule has 0 saturated heterocycles. The standard InChI is InChI=1S/C22H29NO5S/c1-21(2,23-29(27,28)17-6-4-3-5-7-17)19(24)10-18-15-8-14-9-16(18)13-22(11-14,12-15)20(25)26/h3-7,14-16,18,23H,8-13H2,1-2H3,(H,25,26). The fourth-order valence-corrected chi connectivity index (χ4v) is 7.66. The molecular weight excluding hydrogens is 390 g/mol. The maximum absolute atomic E-state index is 13.1. The van der Waals surface area contributed by atoms with Gasteiger partial charge in [-0.15, -0.1) is 0 Å². The van der Waals surface area contributed by atoms with Gasteiger partial charge in [0, 0.05) is 6.42 Å². The molecule has 0 aliphatic heterocycles. The number of benzene rings is 1. The second-order valence-corrected chi connectivity index (χ2v) is 11.6. The van der Waals surface area contributed by atoms with Gasteiger partial charge in [0.05, 0.1) is 15.8 Å². The molecule has 7 heteroatoms. The molecule has 0 aromatic heterocycles. The summed E-state index contributed by atoms with van der Waals surface area (Å²) in [5, 5.41) is 9.77. The number of hydrogen-bond donors (Lipinski definition) is 2. The zero-order valence-electron chi connectivity index (χ0n) is 16.9. The topological polar surface area (TPSA) is 101 Å². The fraction of sp³-hybridized carbons (Fsp3) is 0.636. The van der Waals surface area contributed by atoms with Gasteiger partial charge >= 0.3 is 5.97 Å². The SMILES string of the molecule is CC(C)(NS(=O)(=O)c1ccccc1)C(=O)CC1C2CC3CC1CC(C(=O)O)(C3)C2. The van der Waals surface area contributed by atoms with E-state index in [-0.39, 0.29) is 28.4 Å². The van der Waals surface area contributed by atoms with E-state index in [1.165, 1.54) is 12.1 Å². The van der Waals surface area contributed by atoms with Gasteiger partial charge in [-0.3, -0.25) is 9.59 Å². The van der Waals surface area contributed by atoms with Crippen LogP contribution in [0.15, 0.2) is 35.2 Å². The molecule has 1 aromatic carbocycles. The predicted octanol–water partition coefficient (Wildman–Crippen LogP) is 3.23. The van der Waals surface area contributed by atoms with Crippen molar-refractivity contribution in [3.63, 3.8) is 0 Å². The van der Waals surface area contributed by atoms with E-state index in [0.717, 1.165) is 19.3 Å². The van der Waals surface area contributed by atoms with Crippen LogP contribution in [0.1, 0.15) is 52.4 Å². The zero-order valence-corrected chi connectivity index (χ0v) is 17.7. The molecule has 2 atom stereocenters. The van der Waals surface area contributed by atoms with Gasteiger partial charge in [0.1, 0.15) is 0 Å². The molecule has 1 aromatic rings. The number of rotatable bonds is 7. The molecule has 0 radical (unpaired) electrons. The normalized spacial score (nSPS) is 33.6. The van der Waals surface area contributed by atoms with Gasteiger partial charge in [0.2, 0.25) is 10.0 Å². The molecule has 4 fully saturated rings. The van der Waals surface area contributed by atoms with Gasteiger partial charge in [0.15, 0.2) is 5.78 Å². The summed E-state index contributed by atoms with van der Waals surface area (Å²) >= 11 is 0. The fourth-order valence-electron chi connectivity index (χ4n) is 6.25. The number of Topliss-reactive ketones (excluding diaryl/α,β-unsaturated/α-hetero) is 1. The highest BCUT2D eigenvalue weighted by atomic mass is 32.2. The third kappa shape index (κ3) is 3.63. The average Bonchev–Trinajstić information content (AvgIpc) is 2.63. The molecule has 4 aliphatic carbocycles. The Hall–Kier alpha value is -1.73. The molecule has 0 amide bonds. The lowest BCUT2D eigenvalue weighted by molar-refractivity contribution is -0.171. The van der Waals surface area contributed by atoms with Crippen LogP contribution >= 0.6 is 0 Å². The van der Waals surface area contributed by atoms with Crippen molar-refractivity contribution in [3.05, 3.63) is 30.3 Å². The van der Waals surface area contributed by atoms with E-state index in [9.17, 15) is 23.1 Å². The van der Waals surface area contributed by atoms with Crippen LogP contribution in [0.25, 0.3) is 0 Å². The molecule has 4 aliphatic rings. The first-order valence-corrected chi connectivity index (χ1v) is 11.9. The summed E-state index contributed by atoms with van der Waals surface area (Å²) in [5.74, 6) is 0.314. The Morgan fingerprint density at radius 2 is 1.69 bits per heavy atom. The molecule has 4 saturated carbocycles. The van der Waals surface area contributed by atoms with E-state index >= 15 is 0 Å². The Bertz CT molecular complexity index is 908. The van der Waals surface area contributed by atoms with E-state index in [4.69, 9.17) is 0 Å². The predicted molar refractivity (Wildman–Crippen MR) is 108 cm³/mol. The van der Waals surface area contributed by atoms with Crippen molar-refractivity contribution in [2.24, 2.45) is 29.1 Å². The highest BCUT2D eigenvalue weighted by Gasteiger charge is 2.59. The van der Waals surface area contributed by atoms with Crippen LogP contribution in [-0.4, -0.2) is 30.8 Å². The molecule has 2 unspecified atom stereocenters. The number of carbonyl (C=O) groups is 2. The lowest BCUT2D eigenvalue weighted by Crippen LogP contribution is -2.56. The highest BCUT2D eigenvalue weighted by Crippen LogP contribution is 2.63. The van der Waals surface area contributed by atoms with E-state index in [1.807, 2.05) is 0 Å². The molecule has 29 heavy (non-hydrogen) atoms. The molecule has 158 valence electrons. The van der Waals surface area contributed by atoms with Crippen LogP contribution in [-0.2, 0) is 19.6 Å². The Balaban J connectivity index is 1.47. The van der Waals surface area contributed by atoms with Gasteiger partial charge in [0.25, 0.3) is 0 Å². The van der Waals surface area contributed by atoms with Gasteiger partial charge < -0.3 is 5.11 Å². The monoisotopic (exact) mass is 419 g/mol. The van der Waals surface area contributed by atoms with Crippen molar-refractivity contribution >= 4 is 21.8 Å². The Morgan fingerprint density at radius 1 is 1.10 bits per heavy atom. The van der Waals surface area contributed by atoms with Crippen LogP contribution in [0.4, 0.5) is 0 Å². The number of hydrogen-bond acceptors (Lipinski definition) is 4. The molecule has 6 nitrogen and oxygen atoms in total. The quantitative estimate of drug-likeness (QED) is 0.707. The van der Waals surface area contributed by atoms with E-state index < -0.39 is 26.9 Å². The first kappa shape index (κ1) is 20.5. The van der Waals surface area contributed by atoms with Gasteiger partial charge in [-0.05, 0) is 81.8 Å². The van der Waals surface area contributed by atoms with E-state index in [2.05, 4.69) is 4.72 Å². The van der Waals surface area contributed by atoms with Crippen molar-refractivity contribution in [2.75, 3.05) is 0 Å². The lowest BCUT2D eigenvalue weighted by atomic mass is 9.45. The number of nitrogens with one attached hydrogen (secondary N) is 1.